The van der Waals surface area contributed by atoms with Crippen LogP contribution < -0.4 is 0 Å². The number of fused-ring (bicyclic) bond motifs is 1. The van der Waals surface area contributed by atoms with Crippen LogP contribution in [0.15, 0.2) is 30.5 Å². The number of halogens is 3. The van der Waals surface area contributed by atoms with E-state index >= 15 is 0 Å². The van der Waals surface area contributed by atoms with Crippen molar-refractivity contribution in [3.05, 3.63) is 35.5 Å². The van der Waals surface area contributed by atoms with Crippen molar-refractivity contribution in [1.29, 1.82) is 0 Å². The number of rotatable bonds is 1. The molecule has 18 heavy (non-hydrogen) atoms. The Bertz CT molecular complexity index is 666. The van der Waals surface area contributed by atoms with Crippen molar-refractivity contribution < 1.29 is 13.2 Å². The van der Waals surface area contributed by atoms with E-state index in [0.29, 0.717) is 22.0 Å². The SMILES string of the molecule is FC(F)(F)c1ncc(-c2nc3ccccc3[nH]2)s1. The molecule has 2 heterocycles. The molecule has 3 rings (SSSR count). The van der Waals surface area contributed by atoms with Gasteiger partial charge in [-0.1, -0.05) is 12.1 Å². The first kappa shape index (κ1) is 11.2. The Labute approximate surface area is 103 Å². The molecule has 0 bridgehead atoms. The summed E-state index contributed by atoms with van der Waals surface area (Å²) in [7, 11) is 0. The van der Waals surface area contributed by atoms with Gasteiger partial charge in [-0.2, -0.15) is 13.2 Å². The van der Waals surface area contributed by atoms with Gasteiger partial charge in [-0.3, -0.25) is 0 Å². The first-order valence-corrected chi connectivity index (χ1v) is 5.84. The Hall–Kier alpha value is -1.89. The van der Waals surface area contributed by atoms with Crippen LogP contribution in [0.2, 0.25) is 0 Å². The molecule has 3 nitrogen and oxygen atoms in total. The zero-order valence-corrected chi connectivity index (χ0v) is 9.64. The quantitative estimate of drug-likeness (QED) is 0.731. The molecule has 0 saturated heterocycles. The van der Waals surface area contributed by atoms with Gasteiger partial charge in [-0.25, -0.2) is 9.97 Å². The number of aromatic nitrogens is 3. The Morgan fingerprint density at radius 2 is 1.94 bits per heavy atom. The number of nitrogens with zero attached hydrogens (tertiary/aromatic N) is 2. The maximum atomic E-state index is 12.4. The number of hydrogen-bond acceptors (Lipinski definition) is 3. The van der Waals surface area contributed by atoms with Gasteiger partial charge in [0.25, 0.3) is 0 Å². The molecule has 7 heteroatoms. The summed E-state index contributed by atoms with van der Waals surface area (Å²) in [6.45, 7) is 0. The minimum Gasteiger partial charge on any atom is -0.337 e. The normalized spacial score (nSPS) is 12.2. The summed E-state index contributed by atoms with van der Waals surface area (Å²) in [5, 5.41) is -0.863. The topological polar surface area (TPSA) is 41.6 Å². The van der Waals surface area contributed by atoms with Crippen molar-refractivity contribution in [2.45, 2.75) is 6.18 Å². The number of hydrogen-bond donors (Lipinski definition) is 1. The average molecular weight is 269 g/mol. The van der Waals surface area contributed by atoms with E-state index in [1.165, 1.54) is 6.20 Å². The van der Waals surface area contributed by atoms with E-state index in [1.54, 1.807) is 6.07 Å². The number of imidazole rings is 1. The van der Waals surface area contributed by atoms with Crippen LogP contribution in [0.4, 0.5) is 13.2 Å². The predicted molar refractivity (Wildman–Crippen MR) is 62.2 cm³/mol. The lowest BCUT2D eigenvalue weighted by Crippen LogP contribution is -2.02. The molecule has 0 saturated carbocycles. The molecule has 0 atom stereocenters. The predicted octanol–water partition coefficient (Wildman–Crippen LogP) is 3.71. The Kier molecular flexibility index (Phi) is 2.37. The fourth-order valence-electron chi connectivity index (χ4n) is 1.58. The number of benzene rings is 1. The summed E-state index contributed by atoms with van der Waals surface area (Å²) < 4.78 is 37.3. The molecule has 1 N–H and O–H groups in total. The summed E-state index contributed by atoms with van der Waals surface area (Å²) in [6.07, 6.45) is -3.22. The smallest absolute Gasteiger partial charge is 0.337 e. The zero-order chi connectivity index (χ0) is 12.8. The second-order valence-electron chi connectivity index (χ2n) is 3.63. The van der Waals surface area contributed by atoms with Gasteiger partial charge in [0.05, 0.1) is 15.9 Å². The number of alkyl halides is 3. The summed E-state index contributed by atoms with van der Waals surface area (Å²) >= 11 is 0.578. The van der Waals surface area contributed by atoms with E-state index < -0.39 is 11.2 Å². The van der Waals surface area contributed by atoms with Crippen molar-refractivity contribution in [2.24, 2.45) is 0 Å². The average Bonchev–Trinajstić information content (AvgIpc) is 2.94. The first-order valence-electron chi connectivity index (χ1n) is 5.02. The van der Waals surface area contributed by atoms with Crippen LogP contribution in [-0.4, -0.2) is 15.0 Å². The minimum absolute atomic E-state index is 0.374. The van der Waals surface area contributed by atoms with Gasteiger partial charge in [0, 0.05) is 6.20 Å². The van der Waals surface area contributed by atoms with Gasteiger partial charge in [-0.05, 0) is 12.1 Å². The highest BCUT2D eigenvalue weighted by atomic mass is 32.1. The van der Waals surface area contributed by atoms with Crippen molar-refractivity contribution in [1.82, 2.24) is 15.0 Å². The van der Waals surface area contributed by atoms with Crippen LogP contribution in [0.1, 0.15) is 5.01 Å². The lowest BCUT2D eigenvalue weighted by Gasteiger charge is -1.98. The maximum absolute atomic E-state index is 12.4. The fourth-order valence-corrected chi connectivity index (χ4v) is 2.31. The maximum Gasteiger partial charge on any atom is 0.443 e. The van der Waals surface area contributed by atoms with Crippen LogP contribution in [-0.2, 0) is 6.18 Å². The zero-order valence-electron chi connectivity index (χ0n) is 8.82. The number of thiazole rings is 1. The van der Waals surface area contributed by atoms with Crippen LogP contribution >= 0.6 is 11.3 Å². The molecule has 0 fully saturated rings. The number of H-pyrrole nitrogens is 1. The van der Waals surface area contributed by atoms with Gasteiger partial charge in [0.2, 0.25) is 0 Å². The van der Waals surface area contributed by atoms with E-state index in [0.717, 1.165) is 11.0 Å². The Morgan fingerprint density at radius 1 is 1.17 bits per heavy atom. The lowest BCUT2D eigenvalue weighted by molar-refractivity contribution is -0.137. The van der Waals surface area contributed by atoms with Gasteiger partial charge in [0.15, 0.2) is 5.01 Å². The highest BCUT2D eigenvalue weighted by Gasteiger charge is 2.34. The molecule has 0 amide bonds. The molecule has 3 aromatic rings. The molecule has 0 unspecified atom stereocenters. The molecule has 0 aliphatic heterocycles. The minimum atomic E-state index is -4.41. The third kappa shape index (κ3) is 1.86. The van der Waals surface area contributed by atoms with Crippen molar-refractivity contribution in [3.63, 3.8) is 0 Å². The number of aromatic amines is 1. The summed E-state index contributed by atoms with van der Waals surface area (Å²) in [5.41, 5.74) is 1.50. The Balaban J connectivity index is 2.06. The largest absolute Gasteiger partial charge is 0.443 e. The second kappa shape index (κ2) is 3.81. The van der Waals surface area contributed by atoms with Crippen molar-refractivity contribution in [3.8, 4) is 10.7 Å². The van der Waals surface area contributed by atoms with Gasteiger partial charge in [-0.15, -0.1) is 11.3 Å². The second-order valence-corrected chi connectivity index (χ2v) is 4.66. The molecular formula is C11H6F3N3S. The molecular weight excluding hydrogens is 263 g/mol. The molecule has 92 valence electrons. The van der Waals surface area contributed by atoms with Crippen LogP contribution in [0.25, 0.3) is 21.7 Å². The van der Waals surface area contributed by atoms with E-state index in [9.17, 15) is 13.2 Å². The van der Waals surface area contributed by atoms with Crippen molar-refractivity contribution >= 4 is 22.4 Å². The van der Waals surface area contributed by atoms with Crippen molar-refractivity contribution in [2.75, 3.05) is 0 Å². The molecule has 1 aromatic carbocycles. The number of para-hydroxylation sites is 2. The van der Waals surface area contributed by atoms with E-state index in [-0.39, 0.29) is 0 Å². The molecule has 0 spiro atoms. The third-order valence-corrected chi connectivity index (χ3v) is 3.42. The molecule has 0 radical (unpaired) electrons. The fraction of sp³-hybridized carbons (Fsp3) is 0.0909. The standard InChI is InChI=1S/C11H6F3N3S/c12-11(13,14)10-15-5-8(18-10)9-16-6-3-1-2-4-7(6)17-9/h1-5H,(H,16,17). The van der Waals surface area contributed by atoms with Gasteiger partial charge < -0.3 is 4.98 Å². The number of nitrogens with one attached hydrogen (secondary N) is 1. The molecule has 0 aliphatic carbocycles. The van der Waals surface area contributed by atoms with Crippen LogP contribution in [0.3, 0.4) is 0 Å². The van der Waals surface area contributed by atoms with Crippen LogP contribution in [0, 0.1) is 0 Å². The highest BCUT2D eigenvalue weighted by Crippen LogP contribution is 2.35. The lowest BCUT2D eigenvalue weighted by atomic mass is 10.3. The highest BCUT2D eigenvalue weighted by molar-refractivity contribution is 7.15. The summed E-state index contributed by atoms with van der Waals surface area (Å²) in [4.78, 5) is 10.9. The molecule has 2 aromatic heterocycles. The third-order valence-electron chi connectivity index (χ3n) is 2.37. The Morgan fingerprint density at radius 3 is 2.61 bits per heavy atom. The van der Waals surface area contributed by atoms with Gasteiger partial charge in [0.1, 0.15) is 5.82 Å². The molecule has 0 aliphatic rings. The van der Waals surface area contributed by atoms with Crippen LogP contribution in [0.5, 0.6) is 0 Å². The first-order chi connectivity index (χ1) is 8.54. The monoisotopic (exact) mass is 269 g/mol. The van der Waals surface area contributed by atoms with E-state index in [4.69, 9.17) is 0 Å². The van der Waals surface area contributed by atoms with E-state index in [2.05, 4.69) is 15.0 Å². The summed E-state index contributed by atoms with van der Waals surface area (Å²) in [6, 6.07) is 7.26. The van der Waals surface area contributed by atoms with E-state index in [1.807, 2.05) is 18.2 Å². The summed E-state index contributed by atoms with van der Waals surface area (Å²) in [5.74, 6) is 0.407. The van der Waals surface area contributed by atoms with Gasteiger partial charge >= 0.3 is 6.18 Å².